The van der Waals surface area contributed by atoms with Gasteiger partial charge in [0.05, 0.1) is 22.5 Å². The Morgan fingerprint density at radius 1 is 1.06 bits per heavy atom. The molecule has 1 aromatic heterocycles. The van der Waals surface area contributed by atoms with Crippen molar-refractivity contribution >= 4 is 40.1 Å². The van der Waals surface area contributed by atoms with Gasteiger partial charge in [-0.25, -0.2) is 4.79 Å². The zero-order chi connectivity index (χ0) is 24.7. The quantitative estimate of drug-likeness (QED) is 0.388. The number of carbonyl (C=O) groups is 4. The molecule has 10 heteroatoms. The van der Waals surface area contributed by atoms with Gasteiger partial charge < -0.3 is 25.3 Å². The number of esters is 2. The molecule has 1 aliphatic carbocycles. The number of hydrogen-bond acceptors (Lipinski definition) is 8. The highest BCUT2D eigenvalue weighted by Crippen LogP contribution is 2.42. The predicted molar refractivity (Wildman–Crippen MR) is 126 cm³/mol. The van der Waals surface area contributed by atoms with E-state index in [0.29, 0.717) is 18.4 Å². The Bertz CT molecular complexity index is 1060. The highest BCUT2D eigenvalue weighted by molar-refractivity contribution is 7.18. The standard InChI is InChI=1S/C24H28N2O7S/c1-15-18(22(29)32-13-12-31-2)21(34-19(15)20(25)28)26-17(27)14-33-23(30)24(10-6-7-11-24)16-8-4-3-5-9-16/h3-5,8-9H,6-7,10-14H2,1-2H3,(H2,25,28)(H,26,27). The summed E-state index contributed by atoms with van der Waals surface area (Å²) in [5.74, 6) is -2.55. The van der Waals surface area contributed by atoms with E-state index in [0.717, 1.165) is 29.7 Å². The summed E-state index contributed by atoms with van der Waals surface area (Å²) in [6.45, 7) is 1.21. The number of methoxy groups -OCH3 is 1. The molecule has 0 radical (unpaired) electrons. The number of benzene rings is 1. The molecule has 1 aromatic carbocycles. The first-order valence-electron chi connectivity index (χ1n) is 10.9. The second-order valence-electron chi connectivity index (χ2n) is 8.03. The number of primary amides is 1. The van der Waals surface area contributed by atoms with E-state index in [4.69, 9.17) is 19.9 Å². The maximum absolute atomic E-state index is 13.0. The Balaban J connectivity index is 1.72. The molecule has 0 spiro atoms. The van der Waals surface area contributed by atoms with Crippen LogP contribution in [0, 0.1) is 6.92 Å². The van der Waals surface area contributed by atoms with E-state index in [-0.39, 0.29) is 28.7 Å². The van der Waals surface area contributed by atoms with E-state index in [1.54, 1.807) is 6.92 Å². The van der Waals surface area contributed by atoms with Gasteiger partial charge in [0.15, 0.2) is 6.61 Å². The van der Waals surface area contributed by atoms with E-state index >= 15 is 0 Å². The average molecular weight is 489 g/mol. The third-order valence-electron chi connectivity index (χ3n) is 5.86. The molecule has 0 unspecified atom stereocenters. The number of hydrogen-bond donors (Lipinski definition) is 2. The molecule has 3 N–H and O–H groups in total. The van der Waals surface area contributed by atoms with Crippen LogP contribution < -0.4 is 11.1 Å². The molecule has 1 saturated carbocycles. The molecular formula is C24H28N2O7S. The molecule has 34 heavy (non-hydrogen) atoms. The fraction of sp³-hybridized carbons (Fsp3) is 0.417. The maximum Gasteiger partial charge on any atom is 0.341 e. The molecule has 3 rings (SSSR count). The highest BCUT2D eigenvalue weighted by atomic mass is 32.1. The second-order valence-corrected chi connectivity index (χ2v) is 9.05. The second kappa shape index (κ2) is 11.3. The van der Waals surface area contributed by atoms with Crippen LogP contribution in [0.15, 0.2) is 30.3 Å². The minimum absolute atomic E-state index is 0.00307. The third-order valence-corrected chi connectivity index (χ3v) is 7.08. The minimum Gasteiger partial charge on any atom is -0.460 e. The van der Waals surface area contributed by atoms with Crippen molar-refractivity contribution in [2.75, 3.05) is 32.2 Å². The summed E-state index contributed by atoms with van der Waals surface area (Å²) in [5, 5.41) is 2.66. The Hall–Kier alpha value is -3.24. The Morgan fingerprint density at radius 3 is 2.35 bits per heavy atom. The zero-order valence-corrected chi connectivity index (χ0v) is 20.0. The number of ether oxygens (including phenoxy) is 3. The number of anilines is 1. The molecule has 0 aliphatic heterocycles. The van der Waals surface area contributed by atoms with Crippen molar-refractivity contribution in [1.29, 1.82) is 0 Å². The van der Waals surface area contributed by atoms with Crippen molar-refractivity contribution in [3.63, 3.8) is 0 Å². The van der Waals surface area contributed by atoms with Gasteiger partial charge in [-0.3, -0.25) is 14.4 Å². The van der Waals surface area contributed by atoms with Crippen LogP contribution in [0.5, 0.6) is 0 Å². The number of thiophene rings is 1. The normalized spacial score (nSPS) is 14.4. The largest absolute Gasteiger partial charge is 0.460 e. The van der Waals surface area contributed by atoms with E-state index in [1.165, 1.54) is 7.11 Å². The van der Waals surface area contributed by atoms with Gasteiger partial charge in [-0.15, -0.1) is 11.3 Å². The van der Waals surface area contributed by atoms with Crippen LogP contribution in [0.4, 0.5) is 5.00 Å². The zero-order valence-electron chi connectivity index (χ0n) is 19.2. The Morgan fingerprint density at radius 2 is 1.74 bits per heavy atom. The summed E-state index contributed by atoms with van der Waals surface area (Å²) in [6.07, 6.45) is 3.10. The van der Waals surface area contributed by atoms with E-state index in [9.17, 15) is 19.2 Å². The molecule has 1 fully saturated rings. The first-order chi connectivity index (χ1) is 16.3. The van der Waals surface area contributed by atoms with Crippen LogP contribution in [0.3, 0.4) is 0 Å². The summed E-state index contributed by atoms with van der Waals surface area (Å²) in [6, 6.07) is 9.42. The monoisotopic (exact) mass is 488 g/mol. The van der Waals surface area contributed by atoms with Crippen molar-refractivity contribution < 1.29 is 33.4 Å². The van der Waals surface area contributed by atoms with Crippen molar-refractivity contribution in [3.8, 4) is 0 Å². The minimum atomic E-state index is -0.767. The average Bonchev–Trinajstić information content (AvgIpc) is 3.44. The Labute approximate surface area is 201 Å². The van der Waals surface area contributed by atoms with E-state index in [1.807, 2.05) is 30.3 Å². The lowest BCUT2D eigenvalue weighted by molar-refractivity contribution is -0.153. The first-order valence-corrected chi connectivity index (χ1v) is 11.7. The Kier molecular flexibility index (Phi) is 8.41. The summed E-state index contributed by atoms with van der Waals surface area (Å²) in [4.78, 5) is 50.1. The van der Waals surface area contributed by atoms with Crippen LogP contribution in [0.1, 0.15) is 56.8 Å². The lowest BCUT2D eigenvalue weighted by Gasteiger charge is -2.27. The molecule has 2 aromatic rings. The molecule has 0 bridgehead atoms. The highest BCUT2D eigenvalue weighted by Gasteiger charge is 2.44. The predicted octanol–water partition coefficient (Wildman–Crippen LogP) is 2.95. The lowest BCUT2D eigenvalue weighted by atomic mass is 9.79. The van der Waals surface area contributed by atoms with E-state index in [2.05, 4.69) is 5.32 Å². The first kappa shape index (κ1) is 25.4. The number of amides is 2. The number of rotatable bonds is 10. The molecule has 2 amide bonds. The van der Waals surface area contributed by atoms with Crippen LogP contribution >= 0.6 is 11.3 Å². The van der Waals surface area contributed by atoms with Gasteiger partial charge in [-0.05, 0) is 30.9 Å². The summed E-state index contributed by atoms with van der Waals surface area (Å²) in [7, 11) is 1.47. The van der Waals surface area contributed by atoms with Gasteiger partial charge in [0, 0.05) is 7.11 Å². The van der Waals surface area contributed by atoms with Crippen molar-refractivity contribution in [2.24, 2.45) is 5.73 Å². The van der Waals surface area contributed by atoms with Gasteiger partial charge in [-0.1, -0.05) is 43.2 Å². The molecule has 182 valence electrons. The smallest absolute Gasteiger partial charge is 0.341 e. The van der Waals surface area contributed by atoms with Crippen LogP contribution in [0.2, 0.25) is 0 Å². The summed E-state index contributed by atoms with van der Waals surface area (Å²) in [5.41, 5.74) is 5.85. The molecular weight excluding hydrogens is 460 g/mol. The van der Waals surface area contributed by atoms with E-state index < -0.39 is 35.8 Å². The van der Waals surface area contributed by atoms with Gasteiger partial charge in [0.1, 0.15) is 11.6 Å². The SMILES string of the molecule is COCCOC(=O)c1c(NC(=O)COC(=O)C2(c3ccccc3)CCCC2)sc(C(N)=O)c1C. The lowest BCUT2D eigenvalue weighted by Crippen LogP contribution is -2.36. The van der Waals surface area contributed by atoms with Crippen LogP contribution in [-0.2, 0) is 29.2 Å². The van der Waals surface area contributed by atoms with Gasteiger partial charge in [0.2, 0.25) is 0 Å². The van der Waals surface area contributed by atoms with Crippen LogP contribution in [-0.4, -0.2) is 50.7 Å². The summed E-state index contributed by atoms with van der Waals surface area (Å²) < 4.78 is 15.4. The molecule has 1 aliphatic rings. The van der Waals surface area contributed by atoms with Gasteiger partial charge in [0.25, 0.3) is 11.8 Å². The van der Waals surface area contributed by atoms with Crippen molar-refractivity contribution in [2.45, 2.75) is 38.0 Å². The molecule has 0 saturated heterocycles. The van der Waals surface area contributed by atoms with Gasteiger partial charge in [-0.2, -0.15) is 0 Å². The topological polar surface area (TPSA) is 134 Å². The molecule has 1 heterocycles. The maximum atomic E-state index is 13.0. The van der Waals surface area contributed by atoms with Crippen molar-refractivity contribution in [1.82, 2.24) is 0 Å². The molecule has 9 nitrogen and oxygen atoms in total. The third kappa shape index (κ3) is 5.45. The fourth-order valence-electron chi connectivity index (χ4n) is 4.15. The molecule has 0 atom stereocenters. The number of nitrogens with one attached hydrogen (secondary N) is 1. The van der Waals surface area contributed by atoms with Gasteiger partial charge >= 0.3 is 11.9 Å². The summed E-state index contributed by atoms with van der Waals surface area (Å²) >= 11 is 0.867. The number of carbonyl (C=O) groups excluding carboxylic acids is 4. The van der Waals surface area contributed by atoms with Crippen LogP contribution in [0.25, 0.3) is 0 Å². The fourth-order valence-corrected chi connectivity index (χ4v) is 5.21. The van der Waals surface area contributed by atoms with Crippen molar-refractivity contribution in [3.05, 3.63) is 51.9 Å². The number of nitrogens with two attached hydrogens (primary N) is 1.